The van der Waals surface area contributed by atoms with Crippen LogP contribution in [0.25, 0.3) is 11.0 Å². The van der Waals surface area contributed by atoms with Gasteiger partial charge in [0, 0.05) is 25.2 Å². The molecule has 0 fully saturated rings. The minimum Gasteiger partial charge on any atom is -0.318 e. The topological polar surface area (TPSA) is 21.1 Å². The van der Waals surface area contributed by atoms with Gasteiger partial charge in [-0.1, -0.05) is 36.4 Å². The highest BCUT2D eigenvalue weighted by atomic mass is 19.2. The monoisotopic (exact) mass is 325 g/mol. The van der Waals surface area contributed by atoms with Crippen molar-refractivity contribution < 1.29 is 8.78 Å². The zero-order chi connectivity index (χ0) is 16.7. The van der Waals surface area contributed by atoms with Crippen LogP contribution in [0.4, 0.5) is 8.78 Å². The third-order valence-electron chi connectivity index (χ3n) is 4.47. The van der Waals surface area contributed by atoms with E-state index in [1.54, 1.807) is 0 Å². The molecule has 0 unspecified atom stereocenters. The molecule has 1 aliphatic heterocycles. The zero-order valence-corrected chi connectivity index (χ0v) is 13.1. The Morgan fingerprint density at radius 2 is 1.92 bits per heavy atom. The van der Waals surface area contributed by atoms with E-state index >= 15 is 0 Å². The summed E-state index contributed by atoms with van der Waals surface area (Å²) in [6, 6.07) is 12.6. The van der Waals surface area contributed by atoms with Crippen LogP contribution in [0.1, 0.15) is 17.4 Å². The van der Waals surface area contributed by atoms with E-state index in [4.69, 9.17) is 0 Å². The fourth-order valence-electron chi connectivity index (χ4n) is 3.37. The molecule has 0 spiro atoms. The van der Waals surface area contributed by atoms with E-state index in [1.807, 2.05) is 28.8 Å². The van der Waals surface area contributed by atoms with Gasteiger partial charge < -0.3 is 4.57 Å². The lowest BCUT2D eigenvalue weighted by Crippen LogP contribution is -2.36. The van der Waals surface area contributed by atoms with Crippen LogP contribution in [-0.2, 0) is 13.1 Å². The minimum atomic E-state index is -0.866. The van der Waals surface area contributed by atoms with Crippen LogP contribution < -0.4 is 0 Å². The first-order valence-electron chi connectivity index (χ1n) is 7.90. The van der Waals surface area contributed by atoms with Crippen molar-refractivity contribution >= 4 is 11.0 Å². The lowest BCUT2D eigenvalue weighted by molar-refractivity contribution is 0.194. The smallest absolute Gasteiger partial charge is 0.161 e. The van der Waals surface area contributed by atoms with Gasteiger partial charge in [-0.25, -0.2) is 13.8 Å². The van der Waals surface area contributed by atoms with Gasteiger partial charge in [0.25, 0.3) is 0 Å². The van der Waals surface area contributed by atoms with Gasteiger partial charge in [-0.05, 0) is 5.56 Å². The molecule has 3 aromatic rings. The number of hydrogen-bond acceptors (Lipinski definition) is 2. The molecule has 2 aromatic carbocycles. The molecule has 122 valence electrons. The summed E-state index contributed by atoms with van der Waals surface area (Å²) in [5.41, 5.74) is 2.33. The highest BCUT2D eigenvalue weighted by Crippen LogP contribution is 2.29. The summed E-state index contributed by atoms with van der Waals surface area (Å²) in [5, 5.41) is 0. The fourth-order valence-corrected chi connectivity index (χ4v) is 3.37. The van der Waals surface area contributed by atoms with E-state index in [9.17, 15) is 8.78 Å². The van der Waals surface area contributed by atoms with Crippen LogP contribution in [0.2, 0.25) is 0 Å². The molecule has 3 nitrogen and oxygen atoms in total. The molecule has 0 bridgehead atoms. The molecule has 2 heterocycles. The van der Waals surface area contributed by atoms with Gasteiger partial charge in [0.05, 0.1) is 23.6 Å². The minimum absolute atomic E-state index is 0.0210. The van der Waals surface area contributed by atoms with Crippen molar-refractivity contribution in [2.24, 2.45) is 0 Å². The Morgan fingerprint density at radius 1 is 1.17 bits per heavy atom. The summed E-state index contributed by atoms with van der Waals surface area (Å²) in [6.45, 7) is 6.11. The standard InChI is InChI=1S/C19H17F2N3/c1-2-14-11-23(10-13-6-4-3-5-7-13)12-19-22-17-8-15(20)16(21)9-18(17)24(14)19/h2-9,14H,1,10-12H2/t14-/m1/s1. The first-order chi connectivity index (χ1) is 11.7. The molecule has 4 rings (SSSR count). The van der Waals surface area contributed by atoms with Gasteiger partial charge in [-0.2, -0.15) is 0 Å². The molecule has 24 heavy (non-hydrogen) atoms. The average Bonchev–Trinajstić information content (AvgIpc) is 2.92. The maximum Gasteiger partial charge on any atom is 0.161 e. The van der Waals surface area contributed by atoms with Gasteiger partial charge in [-0.3, -0.25) is 4.90 Å². The normalized spacial score (nSPS) is 17.8. The molecule has 0 saturated heterocycles. The summed E-state index contributed by atoms with van der Waals surface area (Å²) < 4.78 is 29.1. The number of halogens is 2. The number of benzene rings is 2. The van der Waals surface area contributed by atoms with Crippen LogP contribution >= 0.6 is 0 Å². The van der Waals surface area contributed by atoms with Crippen molar-refractivity contribution in [3.05, 3.63) is 78.1 Å². The van der Waals surface area contributed by atoms with E-state index in [2.05, 4.69) is 28.6 Å². The molecule has 1 aromatic heterocycles. The molecule has 0 N–H and O–H groups in total. The number of rotatable bonds is 3. The maximum absolute atomic E-state index is 13.6. The van der Waals surface area contributed by atoms with Gasteiger partial charge in [0.15, 0.2) is 11.6 Å². The predicted octanol–water partition coefficient (Wildman–Crippen LogP) is 4.06. The van der Waals surface area contributed by atoms with Gasteiger partial charge in [-0.15, -0.1) is 6.58 Å². The Kier molecular flexibility index (Phi) is 3.65. The Labute approximate surface area is 138 Å². The highest BCUT2D eigenvalue weighted by molar-refractivity contribution is 5.76. The number of hydrogen-bond donors (Lipinski definition) is 0. The molecule has 0 aliphatic carbocycles. The van der Waals surface area contributed by atoms with E-state index < -0.39 is 11.6 Å². The Morgan fingerprint density at radius 3 is 2.67 bits per heavy atom. The lowest BCUT2D eigenvalue weighted by Gasteiger charge is -2.33. The molecular weight excluding hydrogens is 308 g/mol. The summed E-state index contributed by atoms with van der Waals surface area (Å²) in [4.78, 5) is 6.79. The van der Waals surface area contributed by atoms with Crippen LogP contribution in [-0.4, -0.2) is 21.0 Å². The molecule has 1 atom stereocenters. The summed E-state index contributed by atoms with van der Waals surface area (Å²) in [7, 11) is 0. The quantitative estimate of drug-likeness (QED) is 0.677. The van der Waals surface area contributed by atoms with Crippen molar-refractivity contribution in [3.8, 4) is 0 Å². The second-order valence-corrected chi connectivity index (χ2v) is 6.11. The van der Waals surface area contributed by atoms with Crippen LogP contribution in [0, 0.1) is 11.6 Å². The SMILES string of the molecule is C=C[C@@H]1CN(Cc2ccccc2)Cc2nc3cc(F)c(F)cc3n21. The van der Waals surface area contributed by atoms with Crippen LogP contribution in [0.5, 0.6) is 0 Å². The second-order valence-electron chi connectivity index (χ2n) is 6.11. The average molecular weight is 325 g/mol. The van der Waals surface area contributed by atoms with Crippen LogP contribution in [0.15, 0.2) is 55.1 Å². The van der Waals surface area contributed by atoms with E-state index in [1.165, 1.54) is 11.6 Å². The van der Waals surface area contributed by atoms with Gasteiger partial charge in [0.2, 0.25) is 0 Å². The summed E-state index contributed by atoms with van der Waals surface area (Å²) in [5.74, 6) is -0.906. The third kappa shape index (κ3) is 2.51. The fraction of sp³-hybridized carbons (Fsp3) is 0.211. The summed E-state index contributed by atoms with van der Waals surface area (Å²) in [6.07, 6.45) is 1.84. The van der Waals surface area contributed by atoms with Crippen molar-refractivity contribution in [2.45, 2.75) is 19.1 Å². The molecule has 5 heteroatoms. The molecular formula is C19H17F2N3. The first kappa shape index (κ1) is 15.0. The van der Waals surface area contributed by atoms with Crippen molar-refractivity contribution in [1.82, 2.24) is 14.5 Å². The third-order valence-corrected chi connectivity index (χ3v) is 4.47. The number of fused-ring (bicyclic) bond motifs is 3. The molecule has 0 saturated carbocycles. The van der Waals surface area contributed by atoms with Crippen molar-refractivity contribution in [3.63, 3.8) is 0 Å². The zero-order valence-electron chi connectivity index (χ0n) is 13.1. The largest absolute Gasteiger partial charge is 0.318 e. The summed E-state index contributed by atoms with van der Waals surface area (Å²) >= 11 is 0. The first-order valence-corrected chi connectivity index (χ1v) is 7.90. The Bertz CT molecular complexity index is 902. The van der Waals surface area contributed by atoms with Crippen molar-refractivity contribution in [2.75, 3.05) is 6.54 Å². The number of nitrogens with zero attached hydrogens (tertiary/aromatic N) is 3. The second kappa shape index (κ2) is 5.83. The predicted molar refractivity (Wildman–Crippen MR) is 89.4 cm³/mol. The van der Waals surface area contributed by atoms with E-state index in [-0.39, 0.29) is 6.04 Å². The Balaban J connectivity index is 1.73. The molecule has 1 aliphatic rings. The highest BCUT2D eigenvalue weighted by Gasteiger charge is 2.27. The molecule has 0 amide bonds. The van der Waals surface area contributed by atoms with E-state index in [0.29, 0.717) is 17.6 Å². The van der Waals surface area contributed by atoms with Gasteiger partial charge >= 0.3 is 0 Å². The van der Waals surface area contributed by atoms with Crippen molar-refractivity contribution in [1.29, 1.82) is 0 Å². The molecule has 0 radical (unpaired) electrons. The Hall–Kier alpha value is -2.53. The maximum atomic E-state index is 13.6. The number of aromatic nitrogens is 2. The van der Waals surface area contributed by atoms with Crippen LogP contribution in [0.3, 0.4) is 0 Å². The van der Waals surface area contributed by atoms with E-state index in [0.717, 1.165) is 25.0 Å². The number of imidazole rings is 1. The lowest BCUT2D eigenvalue weighted by atomic mass is 10.1. The van der Waals surface area contributed by atoms with Gasteiger partial charge in [0.1, 0.15) is 5.82 Å².